The largest absolute Gasteiger partial charge is 0.481 e. The second kappa shape index (κ2) is 9.27. The van der Waals surface area contributed by atoms with Gasteiger partial charge in [-0.2, -0.15) is 0 Å². The number of hydrogen-bond acceptors (Lipinski definition) is 2. The van der Waals surface area contributed by atoms with Crippen LogP contribution in [-0.2, 0) is 9.53 Å². The molecule has 0 amide bonds. The molecule has 0 bridgehead atoms. The summed E-state index contributed by atoms with van der Waals surface area (Å²) in [7, 11) is 1.53. The number of alkyl halides is 2. The highest BCUT2D eigenvalue weighted by atomic mass is 19.3. The van der Waals surface area contributed by atoms with Crippen LogP contribution in [0.15, 0.2) is 0 Å². The van der Waals surface area contributed by atoms with Gasteiger partial charge >= 0.3 is 5.97 Å². The van der Waals surface area contributed by atoms with Crippen LogP contribution in [0.2, 0.25) is 0 Å². The SMILES string of the molecule is CC.COCC(CC1CCC2C3C(CCC12C)C1(C)CCCCC1CC3(F)F)C(=O)O. The lowest BCUT2D eigenvalue weighted by atomic mass is 9.44. The van der Waals surface area contributed by atoms with Gasteiger partial charge in [-0.1, -0.05) is 40.5 Å². The highest BCUT2D eigenvalue weighted by Gasteiger charge is 2.67. The predicted octanol–water partition coefficient (Wildman–Crippen LogP) is 7.04. The number of carboxylic acid groups (broad SMARTS) is 1. The maximum Gasteiger partial charge on any atom is 0.308 e. The average Bonchev–Trinajstić information content (AvgIpc) is 3.05. The number of methoxy groups -OCH3 is 1. The summed E-state index contributed by atoms with van der Waals surface area (Å²) in [4.78, 5) is 11.7. The molecule has 3 nitrogen and oxygen atoms in total. The van der Waals surface area contributed by atoms with Gasteiger partial charge < -0.3 is 9.84 Å². The van der Waals surface area contributed by atoms with E-state index >= 15 is 8.78 Å². The van der Waals surface area contributed by atoms with E-state index in [4.69, 9.17) is 4.74 Å². The number of halogens is 2. The van der Waals surface area contributed by atoms with Gasteiger partial charge in [0.05, 0.1) is 12.5 Å². The number of carboxylic acids is 1. The molecule has 0 aromatic heterocycles. The second-order valence-electron chi connectivity index (χ2n) is 11.2. The van der Waals surface area contributed by atoms with E-state index in [1.165, 1.54) is 13.5 Å². The normalized spacial score (nSPS) is 44.2. The molecule has 8 atom stereocenters. The van der Waals surface area contributed by atoms with E-state index < -0.39 is 23.7 Å². The Labute approximate surface area is 187 Å². The molecule has 8 unspecified atom stereocenters. The first-order chi connectivity index (χ1) is 14.6. The fraction of sp³-hybridized carbons (Fsp3) is 0.962. The van der Waals surface area contributed by atoms with Gasteiger partial charge in [0, 0.05) is 19.4 Å². The Kier molecular flexibility index (Phi) is 7.45. The highest BCUT2D eigenvalue weighted by molar-refractivity contribution is 5.70. The number of hydrogen-bond donors (Lipinski definition) is 1. The van der Waals surface area contributed by atoms with Crippen LogP contribution in [0.25, 0.3) is 0 Å². The summed E-state index contributed by atoms with van der Waals surface area (Å²) in [6.07, 6.45) is 8.57. The van der Waals surface area contributed by atoms with Gasteiger partial charge in [-0.15, -0.1) is 0 Å². The molecule has 31 heavy (non-hydrogen) atoms. The van der Waals surface area contributed by atoms with E-state index in [1.807, 2.05) is 13.8 Å². The van der Waals surface area contributed by atoms with E-state index in [2.05, 4.69) is 13.8 Å². The third-order valence-corrected chi connectivity index (χ3v) is 10.1. The van der Waals surface area contributed by atoms with Crippen LogP contribution in [0, 0.1) is 46.3 Å². The van der Waals surface area contributed by atoms with E-state index in [0.717, 1.165) is 44.9 Å². The smallest absolute Gasteiger partial charge is 0.308 e. The molecule has 0 heterocycles. The zero-order valence-corrected chi connectivity index (χ0v) is 20.3. The number of carbonyl (C=O) groups is 1. The van der Waals surface area contributed by atoms with Gasteiger partial charge in [-0.25, -0.2) is 8.78 Å². The standard InChI is InChI=1S/C24H38F2O3.C2H6/c1-22-10-5-4-6-17(22)13-24(25,26)20-18-8-7-16(12-15(14-29-3)21(27)28)23(18,2)11-9-19(20)22;1-2/h15-20H,4-14H2,1-3H3,(H,27,28);1-2H3. The number of fused-ring (bicyclic) bond motifs is 5. The number of rotatable bonds is 5. The highest BCUT2D eigenvalue weighted by Crippen LogP contribution is 2.70. The maximum absolute atomic E-state index is 15.6. The Morgan fingerprint density at radius 3 is 2.35 bits per heavy atom. The molecule has 180 valence electrons. The van der Waals surface area contributed by atoms with Crippen molar-refractivity contribution in [3.8, 4) is 0 Å². The fourth-order valence-electron chi connectivity index (χ4n) is 8.47. The summed E-state index contributed by atoms with van der Waals surface area (Å²) >= 11 is 0. The molecule has 0 saturated heterocycles. The Hall–Kier alpha value is -0.710. The van der Waals surface area contributed by atoms with Gasteiger partial charge in [0.2, 0.25) is 0 Å². The van der Waals surface area contributed by atoms with Crippen LogP contribution in [0.3, 0.4) is 0 Å². The number of ether oxygens (including phenoxy) is 1. The third-order valence-electron chi connectivity index (χ3n) is 10.1. The quantitative estimate of drug-likeness (QED) is 0.496. The topological polar surface area (TPSA) is 46.5 Å². The van der Waals surface area contributed by atoms with Crippen molar-refractivity contribution in [3.05, 3.63) is 0 Å². The molecule has 0 aliphatic heterocycles. The van der Waals surface area contributed by atoms with Gasteiger partial charge in [-0.05, 0) is 79.4 Å². The summed E-state index contributed by atoms with van der Waals surface area (Å²) in [6, 6.07) is 0. The fourth-order valence-corrected chi connectivity index (χ4v) is 8.47. The van der Waals surface area contributed by atoms with Crippen molar-refractivity contribution in [1.29, 1.82) is 0 Å². The van der Waals surface area contributed by atoms with Crippen LogP contribution in [0.5, 0.6) is 0 Å². The van der Waals surface area contributed by atoms with Crippen LogP contribution < -0.4 is 0 Å². The molecule has 4 rings (SSSR count). The lowest BCUT2D eigenvalue weighted by Gasteiger charge is -2.62. The van der Waals surface area contributed by atoms with Crippen LogP contribution in [-0.4, -0.2) is 30.7 Å². The molecule has 4 fully saturated rings. The van der Waals surface area contributed by atoms with Crippen molar-refractivity contribution in [2.75, 3.05) is 13.7 Å². The molecule has 4 saturated carbocycles. The summed E-state index contributed by atoms with van der Waals surface area (Å²) in [5.74, 6) is -3.92. The van der Waals surface area contributed by atoms with E-state index in [0.29, 0.717) is 6.42 Å². The van der Waals surface area contributed by atoms with Gasteiger partial charge in [0.1, 0.15) is 0 Å². The summed E-state index contributed by atoms with van der Waals surface area (Å²) < 4.78 is 36.4. The van der Waals surface area contributed by atoms with Crippen LogP contribution >= 0.6 is 0 Å². The second-order valence-corrected chi connectivity index (χ2v) is 11.2. The monoisotopic (exact) mass is 442 g/mol. The van der Waals surface area contributed by atoms with Crippen molar-refractivity contribution in [1.82, 2.24) is 0 Å². The van der Waals surface area contributed by atoms with Crippen molar-refractivity contribution in [2.45, 2.75) is 97.8 Å². The first kappa shape index (κ1) is 24.9. The third kappa shape index (κ3) is 4.17. The first-order valence-electron chi connectivity index (χ1n) is 12.7. The summed E-state index contributed by atoms with van der Waals surface area (Å²) in [5.41, 5.74) is -0.0897. The minimum absolute atomic E-state index is 0.0259. The molecule has 0 radical (unpaired) electrons. The molecule has 5 heteroatoms. The predicted molar refractivity (Wildman–Crippen MR) is 119 cm³/mol. The molecule has 0 aromatic carbocycles. The van der Waals surface area contributed by atoms with Crippen molar-refractivity contribution in [3.63, 3.8) is 0 Å². The average molecular weight is 443 g/mol. The molecule has 4 aliphatic rings. The molecule has 4 aliphatic carbocycles. The van der Waals surface area contributed by atoms with E-state index in [9.17, 15) is 9.90 Å². The van der Waals surface area contributed by atoms with Crippen LogP contribution in [0.1, 0.15) is 91.9 Å². The maximum atomic E-state index is 15.6. The van der Waals surface area contributed by atoms with Crippen LogP contribution in [0.4, 0.5) is 8.78 Å². The lowest BCUT2D eigenvalue weighted by molar-refractivity contribution is -0.232. The Bertz CT molecular complexity index is 638. The Morgan fingerprint density at radius 2 is 1.71 bits per heavy atom. The zero-order valence-electron chi connectivity index (χ0n) is 20.3. The Balaban J connectivity index is 0.00000132. The van der Waals surface area contributed by atoms with Crippen molar-refractivity contribution in [2.24, 2.45) is 46.3 Å². The molecule has 0 spiro atoms. The van der Waals surface area contributed by atoms with E-state index in [-0.39, 0.29) is 47.5 Å². The van der Waals surface area contributed by atoms with Gasteiger partial charge in [0.15, 0.2) is 0 Å². The minimum atomic E-state index is -2.58. The van der Waals surface area contributed by atoms with E-state index in [1.54, 1.807) is 0 Å². The van der Waals surface area contributed by atoms with Crippen molar-refractivity contribution >= 4 is 5.97 Å². The molecular formula is C26H44F2O3. The van der Waals surface area contributed by atoms with Crippen molar-refractivity contribution < 1.29 is 23.4 Å². The molecule has 1 N–H and O–H groups in total. The lowest BCUT2D eigenvalue weighted by Crippen LogP contribution is -2.60. The van der Waals surface area contributed by atoms with Gasteiger partial charge in [-0.3, -0.25) is 4.79 Å². The number of aliphatic carboxylic acids is 1. The minimum Gasteiger partial charge on any atom is -0.481 e. The first-order valence-corrected chi connectivity index (χ1v) is 12.7. The Morgan fingerprint density at radius 1 is 1.03 bits per heavy atom. The zero-order chi connectivity index (χ0) is 23.0. The molecular weight excluding hydrogens is 398 g/mol. The summed E-state index contributed by atoms with van der Waals surface area (Å²) in [6.45, 7) is 8.72. The summed E-state index contributed by atoms with van der Waals surface area (Å²) in [5, 5.41) is 9.58. The molecule has 0 aromatic rings. The van der Waals surface area contributed by atoms with Gasteiger partial charge in [0.25, 0.3) is 5.92 Å².